The summed E-state index contributed by atoms with van der Waals surface area (Å²) in [6.07, 6.45) is 14.3. The Morgan fingerprint density at radius 3 is 2.16 bits per heavy atom. The summed E-state index contributed by atoms with van der Waals surface area (Å²) in [5, 5.41) is 0.125. The Morgan fingerprint density at radius 2 is 1.65 bits per heavy atom. The zero-order valence-electron chi connectivity index (χ0n) is 22.6. The molecule has 0 aromatic rings. The predicted molar refractivity (Wildman–Crippen MR) is 141 cm³/mol. The third-order valence-electron chi connectivity index (χ3n) is 7.00. The molecule has 0 bridgehead atoms. The van der Waals surface area contributed by atoms with Gasteiger partial charge in [-0.2, -0.15) is 0 Å². The molecule has 0 saturated heterocycles. The average Bonchev–Trinajstić information content (AvgIpc) is 2.59. The summed E-state index contributed by atoms with van der Waals surface area (Å²) in [6, 6.07) is 0. The third-order valence-corrected chi connectivity index (χ3v) is 11.5. The van der Waals surface area contributed by atoms with Gasteiger partial charge >= 0.3 is 0 Å². The minimum atomic E-state index is -1.93. The maximum atomic E-state index is 11.8. The van der Waals surface area contributed by atoms with Crippen molar-refractivity contribution in [3.8, 4) is 0 Å². The monoisotopic (exact) mass is 450 g/mol. The second-order valence-corrected chi connectivity index (χ2v) is 17.1. The van der Waals surface area contributed by atoms with Crippen LogP contribution in [0, 0.1) is 17.3 Å². The van der Waals surface area contributed by atoms with E-state index in [4.69, 9.17) is 4.43 Å². The lowest BCUT2D eigenvalue weighted by Gasteiger charge is -2.40. The van der Waals surface area contributed by atoms with Gasteiger partial charge in [0.1, 0.15) is 12.4 Å². The van der Waals surface area contributed by atoms with Crippen molar-refractivity contribution in [1.82, 2.24) is 0 Å². The molecule has 3 unspecified atom stereocenters. The van der Waals surface area contributed by atoms with E-state index in [2.05, 4.69) is 81.1 Å². The topological polar surface area (TPSA) is 26.3 Å². The molecule has 2 nitrogen and oxygen atoms in total. The van der Waals surface area contributed by atoms with Crippen LogP contribution in [0.2, 0.25) is 18.1 Å². The number of hydrogen-bond donors (Lipinski definition) is 0. The first-order valence-electron chi connectivity index (χ1n) is 12.5. The van der Waals surface area contributed by atoms with Crippen molar-refractivity contribution in [2.75, 3.05) is 0 Å². The summed E-state index contributed by atoms with van der Waals surface area (Å²) in [4.78, 5) is 11.8. The lowest BCUT2D eigenvalue weighted by molar-refractivity contribution is -0.115. The van der Waals surface area contributed by atoms with E-state index in [0.717, 1.165) is 37.9 Å². The number of carbonyl (C=O) groups is 1. The fourth-order valence-corrected chi connectivity index (χ4v) is 5.66. The molecule has 3 atom stereocenters. The SMILES string of the molecule is C=CCCC=C(C)CCCC(C)CC(C)CC(C)(C)CC(C=O)O[Si](C)(C)C(C)(C)C. The number of carbonyl (C=O) groups excluding carboxylic acids is 1. The Labute approximate surface area is 196 Å². The lowest BCUT2D eigenvalue weighted by Crippen LogP contribution is -2.45. The Bertz CT molecular complexity index is 554. The van der Waals surface area contributed by atoms with E-state index in [9.17, 15) is 4.79 Å². The Kier molecular flexibility index (Phi) is 13.5. The van der Waals surface area contributed by atoms with Gasteiger partial charge in [0.05, 0.1) is 0 Å². The normalized spacial score (nSPS) is 16.6. The smallest absolute Gasteiger partial charge is 0.193 e. The molecule has 31 heavy (non-hydrogen) atoms. The molecular weight excluding hydrogens is 396 g/mol. The maximum absolute atomic E-state index is 11.8. The van der Waals surface area contributed by atoms with E-state index in [-0.39, 0.29) is 16.6 Å². The highest BCUT2D eigenvalue weighted by Crippen LogP contribution is 2.40. The molecule has 0 aromatic heterocycles. The van der Waals surface area contributed by atoms with Gasteiger partial charge in [0.25, 0.3) is 0 Å². The largest absolute Gasteiger partial charge is 0.407 e. The fraction of sp³-hybridized carbons (Fsp3) is 0.821. The second kappa shape index (κ2) is 13.8. The lowest BCUT2D eigenvalue weighted by atomic mass is 9.76. The fourth-order valence-electron chi connectivity index (χ4n) is 4.41. The molecule has 0 radical (unpaired) electrons. The van der Waals surface area contributed by atoms with Crippen LogP contribution in [-0.2, 0) is 9.22 Å². The molecule has 0 spiro atoms. The van der Waals surface area contributed by atoms with Gasteiger partial charge in [-0.05, 0) is 87.3 Å². The average molecular weight is 451 g/mol. The van der Waals surface area contributed by atoms with E-state index < -0.39 is 8.32 Å². The summed E-state index contributed by atoms with van der Waals surface area (Å²) >= 11 is 0. The molecule has 182 valence electrons. The van der Waals surface area contributed by atoms with Crippen molar-refractivity contribution in [2.45, 2.75) is 131 Å². The highest BCUT2D eigenvalue weighted by Gasteiger charge is 2.40. The molecule has 0 aliphatic rings. The van der Waals surface area contributed by atoms with Crippen molar-refractivity contribution >= 4 is 14.6 Å². The van der Waals surface area contributed by atoms with Gasteiger partial charge < -0.3 is 9.22 Å². The molecule has 0 saturated carbocycles. The third kappa shape index (κ3) is 13.5. The van der Waals surface area contributed by atoms with E-state index in [1.165, 1.54) is 31.3 Å². The minimum absolute atomic E-state index is 0.109. The molecule has 0 aliphatic heterocycles. The summed E-state index contributed by atoms with van der Waals surface area (Å²) in [5.74, 6) is 1.41. The number of unbranched alkanes of at least 4 members (excludes halogenated alkanes) is 1. The molecule has 0 rings (SSSR count). The van der Waals surface area contributed by atoms with Gasteiger partial charge in [0.2, 0.25) is 0 Å². The maximum Gasteiger partial charge on any atom is 0.193 e. The molecule has 0 fully saturated rings. The second-order valence-electron chi connectivity index (χ2n) is 12.4. The minimum Gasteiger partial charge on any atom is -0.407 e. The summed E-state index contributed by atoms with van der Waals surface area (Å²) in [7, 11) is -1.93. The number of aldehydes is 1. The van der Waals surface area contributed by atoms with E-state index >= 15 is 0 Å². The summed E-state index contributed by atoms with van der Waals surface area (Å²) in [6.45, 7) is 26.6. The van der Waals surface area contributed by atoms with Crippen molar-refractivity contribution in [1.29, 1.82) is 0 Å². The molecule has 0 heterocycles. The Morgan fingerprint density at radius 1 is 1.03 bits per heavy atom. The van der Waals surface area contributed by atoms with Gasteiger partial charge in [0.15, 0.2) is 8.32 Å². The quantitative estimate of drug-likeness (QED) is 0.101. The number of hydrogen-bond acceptors (Lipinski definition) is 2. The van der Waals surface area contributed by atoms with Crippen LogP contribution in [0.4, 0.5) is 0 Å². The van der Waals surface area contributed by atoms with Crippen molar-refractivity contribution in [3.63, 3.8) is 0 Å². The van der Waals surface area contributed by atoms with Crippen molar-refractivity contribution in [2.24, 2.45) is 17.3 Å². The Balaban J connectivity index is 4.54. The number of allylic oxidation sites excluding steroid dienone is 3. The van der Waals surface area contributed by atoms with E-state index in [0.29, 0.717) is 5.92 Å². The van der Waals surface area contributed by atoms with Crippen LogP contribution < -0.4 is 0 Å². The van der Waals surface area contributed by atoms with Gasteiger partial charge in [-0.25, -0.2) is 0 Å². The number of rotatable bonds is 16. The van der Waals surface area contributed by atoms with Gasteiger partial charge in [-0.1, -0.05) is 72.6 Å². The van der Waals surface area contributed by atoms with Crippen LogP contribution in [0.5, 0.6) is 0 Å². The predicted octanol–water partition coefficient (Wildman–Crippen LogP) is 9.13. The molecule has 3 heteroatoms. The van der Waals surface area contributed by atoms with Crippen LogP contribution in [0.1, 0.15) is 107 Å². The first kappa shape index (κ1) is 30.3. The molecule has 0 N–H and O–H groups in total. The first-order chi connectivity index (χ1) is 14.1. The van der Waals surface area contributed by atoms with Crippen LogP contribution in [0.3, 0.4) is 0 Å². The van der Waals surface area contributed by atoms with Gasteiger partial charge in [-0.15, -0.1) is 6.58 Å². The van der Waals surface area contributed by atoms with Crippen LogP contribution in [0.25, 0.3) is 0 Å². The standard InChI is InChI=1S/C28H54O2Si/c1-12-13-14-16-23(2)17-15-18-24(3)19-25(4)20-28(8,9)21-26(22-29)30-31(10,11)27(5,6)7/h12,16,22,24-26H,1,13-15,17-21H2,2-11H3. The summed E-state index contributed by atoms with van der Waals surface area (Å²) in [5.41, 5.74) is 1.63. The summed E-state index contributed by atoms with van der Waals surface area (Å²) < 4.78 is 6.42. The van der Waals surface area contributed by atoms with Gasteiger partial charge in [-0.3, -0.25) is 0 Å². The zero-order valence-corrected chi connectivity index (χ0v) is 23.6. The van der Waals surface area contributed by atoms with E-state index in [1.54, 1.807) is 0 Å². The van der Waals surface area contributed by atoms with Crippen LogP contribution in [-0.4, -0.2) is 20.7 Å². The van der Waals surface area contributed by atoms with Crippen LogP contribution >= 0.6 is 0 Å². The molecule has 0 aliphatic carbocycles. The molecule has 0 aromatic carbocycles. The van der Waals surface area contributed by atoms with Gasteiger partial charge in [0, 0.05) is 0 Å². The molecular formula is C28H54O2Si. The van der Waals surface area contributed by atoms with Crippen molar-refractivity contribution in [3.05, 3.63) is 24.3 Å². The highest BCUT2D eigenvalue weighted by atomic mass is 28.4. The van der Waals surface area contributed by atoms with E-state index in [1.807, 2.05) is 6.08 Å². The highest BCUT2D eigenvalue weighted by molar-refractivity contribution is 6.74. The van der Waals surface area contributed by atoms with Crippen LogP contribution in [0.15, 0.2) is 24.3 Å². The van der Waals surface area contributed by atoms with Crippen molar-refractivity contribution < 1.29 is 9.22 Å². The first-order valence-corrected chi connectivity index (χ1v) is 15.4. The Hall–Kier alpha value is -0.673. The molecule has 0 amide bonds. The zero-order chi connectivity index (χ0) is 24.3.